The molecule has 2 aromatic rings. The summed E-state index contributed by atoms with van der Waals surface area (Å²) < 4.78 is 13.3. The van der Waals surface area contributed by atoms with E-state index in [9.17, 15) is 4.39 Å². The average Bonchev–Trinajstić information content (AvgIpc) is 2.33. The molecule has 5 heteroatoms. The van der Waals surface area contributed by atoms with Gasteiger partial charge in [-0.15, -0.1) is 0 Å². The number of rotatable bonds is 2. The van der Waals surface area contributed by atoms with Gasteiger partial charge in [0, 0.05) is 0 Å². The minimum Gasteiger partial charge on any atom is -0.322 e. The van der Waals surface area contributed by atoms with Gasteiger partial charge in [0.05, 0.1) is 23.6 Å². The van der Waals surface area contributed by atoms with Gasteiger partial charge >= 0.3 is 0 Å². The molecule has 0 unspecified atom stereocenters. The van der Waals surface area contributed by atoms with Crippen molar-refractivity contribution in [2.24, 2.45) is 0 Å². The number of halogens is 1. The maximum absolute atomic E-state index is 13.3. The quantitative estimate of drug-likeness (QED) is 0.832. The van der Waals surface area contributed by atoms with Crippen molar-refractivity contribution in [3.63, 3.8) is 0 Å². The first kappa shape index (κ1) is 10.1. The van der Waals surface area contributed by atoms with Crippen LogP contribution in [-0.4, -0.2) is 9.97 Å². The highest BCUT2D eigenvalue weighted by Crippen LogP contribution is 2.16. The molecule has 0 aliphatic rings. The van der Waals surface area contributed by atoms with Crippen LogP contribution in [0.1, 0.15) is 5.56 Å². The zero-order valence-electron chi connectivity index (χ0n) is 8.18. The van der Waals surface area contributed by atoms with E-state index < -0.39 is 0 Å². The Labute approximate surface area is 91.4 Å². The van der Waals surface area contributed by atoms with Gasteiger partial charge in [0.25, 0.3) is 0 Å². The molecule has 2 rings (SSSR count). The third-order valence-corrected chi connectivity index (χ3v) is 1.90. The SMILES string of the molecule is N#Cc1cnc(Nc2ccccc2F)nc1. The summed E-state index contributed by atoms with van der Waals surface area (Å²) in [4.78, 5) is 7.75. The van der Waals surface area contributed by atoms with Gasteiger partial charge in [-0.2, -0.15) is 5.26 Å². The molecule has 78 valence electrons. The van der Waals surface area contributed by atoms with E-state index in [1.54, 1.807) is 18.2 Å². The van der Waals surface area contributed by atoms with Crippen molar-refractivity contribution in [3.8, 4) is 6.07 Å². The Morgan fingerprint density at radius 2 is 1.88 bits per heavy atom. The van der Waals surface area contributed by atoms with Crippen molar-refractivity contribution in [3.05, 3.63) is 48.0 Å². The van der Waals surface area contributed by atoms with Crippen LogP contribution in [0.15, 0.2) is 36.7 Å². The lowest BCUT2D eigenvalue weighted by molar-refractivity contribution is 0.631. The maximum atomic E-state index is 13.3. The van der Waals surface area contributed by atoms with E-state index in [0.717, 1.165) is 0 Å². The zero-order chi connectivity index (χ0) is 11.4. The Balaban J connectivity index is 2.22. The molecule has 16 heavy (non-hydrogen) atoms. The third kappa shape index (κ3) is 2.12. The van der Waals surface area contributed by atoms with Crippen LogP contribution >= 0.6 is 0 Å². The van der Waals surface area contributed by atoms with Gasteiger partial charge in [-0.25, -0.2) is 14.4 Å². The molecular formula is C11H7FN4. The molecule has 0 aliphatic carbocycles. The van der Waals surface area contributed by atoms with Crippen LogP contribution in [0.25, 0.3) is 0 Å². The van der Waals surface area contributed by atoms with Crippen molar-refractivity contribution in [1.82, 2.24) is 9.97 Å². The van der Waals surface area contributed by atoms with Crippen LogP contribution in [0.2, 0.25) is 0 Å². The molecule has 0 bridgehead atoms. The van der Waals surface area contributed by atoms with E-state index in [2.05, 4.69) is 15.3 Å². The van der Waals surface area contributed by atoms with E-state index in [-0.39, 0.29) is 11.8 Å². The number of para-hydroxylation sites is 1. The highest BCUT2D eigenvalue weighted by molar-refractivity contribution is 5.53. The van der Waals surface area contributed by atoms with Crippen molar-refractivity contribution in [2.45, 2.75) is 0 Å². The molecule has 0 aliphatic heterocycles. The number of hydrogen-bond donors (Lipinski definition) is 1. The Bertz CT molecular complexity index is 530. The second-order valence-electron chi connectivity index (χ2n) is 3.01. The summed E-state index contributed by atoms with van der Waals surface area (Å²) in [7, 11) is 0. The summed E-state index contributed by atoms with van der Waals surface area (Å²) >= 11 is 0. The number of nitrogens with one attached hydrogen (secondary N) is 1. The molecule has 0 spiro atoms. The van der Waals surface area contributed by atoms with Crippen molar-refractivity contribution >= 4 is 11.6 Å². The van der Waals surface area contributed by atoms with Crippen LogP contribution < -0.4 is 5.32 Å². The van der Waals surface area contributed by atoms with Crippen molar-refractivity contribution in [1.29, 1.82) is 5.26 Å². The fourth-order valence-corrected chi connectivity index (χ4v) is 1.13. The Hall–Kier alpha value is -2.48. The lowest BCUT2D eigenvalue weighted by Crippen LogP contribution is -1.98. The highest BCUT2D eigenvalue weighted by atomic mass is 19.1. The minimum absolute atomic E-state index is 0.254. The summed E-state index contributed by atoms with van der Waals surface area (Å²) in [5, 5.41) is 11.3. The predicted octanol–water partition coefficient (Wildman–Crippen LogP) is 2.23. The van der Waals surface area contributed by atoms with E-state index in [4.69, 9.17) is 5.26 Å². The molecule has 0 amide bonds. The van der Waals surface area contributed by atoms with Crippen LogP contribution in [0.5, 0.6) is 0 Å². The van der Waals surface area contributed by atoms with Gasteiger partial charge < -0.3 is 5.32 Å². The highest BCUT2D eigenvalue weighted by Gasteiger charge is 2.02. The zero-order valence-corrected chi connectivity index (χ0v) is 8.18. The Morgan fingerprint density at radius 3 is 2.50 bits per heavy atom. The van der Waals surface area contributed by atoms with Crippen LogP contribution in [-0.2, 0) is 0 Å². The van der Waals surface area contributed by atoms with Gasteiger partial charge in [-0.1, -0.05) is 12.1 Å². The van der Waals surface area contributed by atoms with Crippen LogP contribution in [0.3, 0.4) is 0 Å². The first-order valence-corrected chi connectivity index (χ1v) is 4.53. The molecule has 1 aromatic carbocycles. The van der Waals surface area contributed by atoms with Gasteiger partial charge in [-0.05, 0) is 12.1 Å². The fraction of sp³-hybridized carbons (Fsp3) is 0. The van der Waals surface area contributed by atoms with Crippen LogP contribution in [0.4, 0.5) is 16.0 Å². The molecule has 1 N–H and O–H groups in total. The number of anilines is 2. The Kier molecular flexibility index (Phi) is 2.74. The van der Waals surface area contributed by atoms with E-state index in [1.807, 2.05) is 6.07 Å². The molecular weight excluding hydrogens is 207 g/mol. The lowest BCUT2D eigenvalue weighted by atomic mass is 10.3. The summed E-state index contributed by atoms with van der Waals surface area (Å²) in [6, 6.07) is 8.12. The molecule has 0 atom stereocenters. The van der Waals surface area contributed by atoms with Crippen molar-refractivity contribution in [2.75, 3.05) is 5.32 Å². The predicted molar refractivity (Wildman–Crippen MR) is 56.4 cm³/mol. The number of hydrogen-bond acceptors (Lipinski definition) is 4. The number of nitriles is 1. The minimum atomic E-state index is -0.379. The van der Waals surface area contributed by atoms with Gasteiger partial charge in [0.15, 0.2) is 0 Å². The fourth-order valence-electron chi connectivity index (χ4n) is 1.13. The van der Waals surface area contributed by atoms with E-state index in [0.29, 0.717) is 11.3 Å². The van der Waals surface area contributed by atoms with E-state index >= 15 is 0 Å². The third-order valence-electron chi connectivity index (χ3n) is 1.90. The maximum Gasteiger partial charge on any atom is 0.227 e. The monoisotopic (exact) mass is 214 g/mol. The second-order valence-corrected chi connectivity index (χ2v) is 3.01. The molecule has 1 aromatic heterocycles. The summed E-state index contributed by atoms with van der Waals surface area (Å²) in [6.45, 7) is 0. The molecule has 0 saturated heterocycles. The topological polar surface area (TPSA) is 61.6 Å². The van der Waals surface area contributed by atoms with Crippen LogP contribution in [0, 0.1) is 17.1 Å². The molecule has 0 fully saturated rings. The average molecular weight is 214 g/mol. The second kappa shape index (κ2) is 4.36. The molecule has 4 nitrogen and oxygen atoms in total. The van der Waals surface area contributed by atoms with Gasteiger partial charge in [0.2, 0.25) is 5.95 Å². The summed E-state index contributed by atoms with van der Waals surface area (Å²) in [5.74, 6) is -0.125. The molecule has 1 heterocycles. The number of nitrogens with zero attached hydrogens (tertiary/aromatic N) is 3. The van der Waals surface area contributed by atoms with E-state index in [1.165, 1.54) is 18.5 Å². The first-order chi connectivity index (χ1) is 7.79. The number of benzene rings is 1. The summed E-state index contributed by atoms with van der Waals surface area (Å²) in [6.07, 6.45) is 2.74. The van der Waals surface area contributed by atoms with Crippen molar-refractivity contribution < 1.29 is 4.39 Å². The Morgan fingerprint density at radius 1 is 1.19 bits per heavy atom. The number of aromatic nitrogens is 2. The van der Waals surface area contributed by atoms with Gasteiger partial charge in [-0.3, -0.25) is 0 Å². The lowest BCUT2D eigenvalue weighted by Gasteiger charge is -2.04. The smallest absolute Gasteiger partial charge is 0.227 e. The standard InChI is InChI=1S/C11H7FN4/c12-9-3-1-2-4-10(9)16-11-14-6-8(5-13)7-15-11/h1-4,6-7H,(H,14,15,16). The largest absolute Gasteiger partial charge is 0.322 e. The summed E-state index contributed by atoms with van der Waals surface area (Å²) in [5.41, 5.74) is 0.659. The molecule has 0 radical (unpaired) electrons. The molecule has 0 saturated carbocycles. The van der Waals surface area contributed by atoms with Gasteiger partial charge in [0.1, 0.15) is 11.9 Å². The normalized spacial score (nSPS) is 9.50. The first-order valence-electron chi connectivity index (χ1n) is 4.53.